The molecular weight excluding hydrogens is 382 g/mol. The normalized spacial score (nSPS) is 16.8. The Morgan fingerprint density at radius 2 is 1.58 bits per heavy atom. The highest BCUT2D eigenvalue weighted by Crippen LogP contribution is 2.42. The van der Waals surface area contributed by atoms with Crippen molar-refractivity contribution in [3.63, 3.8) is 0 Å². The van der Waals surface area contributed by atoms with Gasteiger partial charge in [-0.05, 0) is 48.9 Å². The molecule has 3 heteroatoms. The second-order valence-electron chi connectivity index (χ2n) is 8.40. The Kier molecular flexibility index (Phi) is 6.41. The number of fused-ring (bicyclic) bond motifs is 1. The molecule has 1 amide bonds. The predicted molar refractivity (Wildman–Crippen MR) is 125 cm³/mol. The van der Waals surface area contributed by atoms with Crippen LogP contribution in [0, 0.1) is 0 Å². The summed E-state index contributed by atoms with van der Waals surface area (Å²) >= 11 is 0. The molecule has 0 spiro atoms. The molecule has 31 heavy (non-hydrogen) atoms. The van der Waals surface area contributed by atoms with Gasteiger partial charge >= 0.3 is 0 Å². The monoisotopic (exact) mass is 413 g/mol. The number of ether oxygens (including phenoxy) is 1. The summed E-state index contributed by atoms with van der Waals surface area (Å²) in [6, 6.07) is 26.4. The maximum Gasteiger partial charge on any atom is 0.252 e. The first-order valence-electron chi connectivity index (χ1n) is 11.3. The third kappa shape index (κ3) is 4.66. The molecule has 0 aromatic heterocycles. The summed E-state index contributed by atoms with van der Waals surface area (Å²) in [6.45, 7) is 4.32. The van der Waals surface area contributed by atoms with E-state index in [-0.39, 0.29) is 17.6 Å². The van der Waals surface area contributed by atoms with Gasteiger partial charge in [0.25, 0.3) is 5.91 Å². The smallest absolute Gasteiger partial charge is 0.252 e. The van der Waals surface area contributed by atoms with Crippen LogP contribution in [0.2, 0.25) is 0 Å². The summed E-state index contributed by atoms with van der Waals surface area (Å²) in [5.41, 5.74) is 3.96. The molecule has 0 bridgehead atoms. The van der Waals surface area contributed by atoms with Crippen LogP contribution in [0.1, 0.15) is 66.2 Å². The molecule has 0 saturated heterocycles. The van der Waals surface area contributed by atoms with Crippen molar-refractivity contribution in [2.75, 3.05) is 0 Å². The first-order chi connectivity index (χ1) is 15.1. The minimum absolute atomic E-state index is 0.00790. The van der Waals surface area contributed by atoms with Crippen molar-refractivity contribution in [2.45, 2.75) is 57.6 Å². The van der Waals surface area contributed by atoms with Gasteiger partial charge in [0, 0.05) is 17.5 Å². The van der Waals surface area contributed by atoms with Gasteiger partial charge in [-0.25, -0.2) is 0 Å². The van der Waals surface area contributed by atoms with Gasteiger partial charge in [0.05, 0.1) is 6.04 Å². The van der Waals surface area contributed by atoms with E-state index in [9.17, 15) is 4.79 Å². The van der Waals surface area contributed by atoms with E-state index in [2.05, 4.69) is 55.6 Å². The number of rotatable bonds is 7. The quantitative estimate of drug-likeness (QED) is 0.495. The maximum absolute atomic E-state index is 13.4. The summed E-state index contributed by atoms with van der Waals surface area (Å²) in [5, 5.41) is 3.33. The third-order valence-corrected chi connectivity index (χ3v) is 6.58. The molecule has 1 atom stereocenters. The SMILES string of the molecule is CCC1(CC)CC(NC(=O)c2ccccc2CCc2ccccc2)c2ccccc2O1. The van der Waals surface area contributed by atoms with E-state index in [0.29, 0.717) is 0 Å². The van der Waals surface area contributed by atoms with Crippen molar-refractivity contribution >= 4 is 5.91 Å². The molecule has 0 radical (unpaired) electrons. The fourth-order valence-corrected chi connectivity index (χ4v) is 4.55. The van der Waals surface area contributed by atoms with Crippen LogP contribution in [0.3, 0.4) is 0 Å². The van der Waals surface area contributed by atoms with Crippen molar-refractivity contribution < 1.29 is 9.53 Å². The van der Waals surface area contributed by atoms with Gasteiger partial charge in [-0.2, -0.15) is 0 Å². The molecule has 0 aliphatic carbocycles. The number of amides is 1. The topological polar surface area (TPSA) is 38.3 Å². The van der Waals surface area contributed by atoms with Gasteiger partial charge in [0.1, 0.15) is 11.4 Å². The van der Waals surface area contributed by atoms with Gasteiger partial charge in [-0.3, -0.25) is 4.79 Å². The summed E-state index contributed by atoms with van der Waals surface area (Å²) < 4.78 is 6.40. The Bertz CT molecular complexity index is 1020. The predicted octanol–water partition coefficient (Wildman–Crippen LogP) is 6.28. The van der Waals surface area contributed by atoms with Crippen LogP contribution in [0.5, 0.6) is 5.75 Å². The molecule has 4 rings (SSSR count). The second kappa shape index (κ2) is 9.38. The largest absolute Gasteiger partial charge is 0.487 e. The van der Waals surface area contributed by atoms with Crippen LogP contribution >= 0.6 is 0 Å². The standard InChI is InChI=1S/C28H31NO2/c1-3-28(4-2)20-25(24-16-10-11-17-26(24)31-28)29-27(30)23-15-9-8-14-22(23)19-18-21-12-6-5-7-13-21/h5-17,25H,3-4,18-20H2,1-2H3,(H,29,30). The molecule has 1 N–H and O–H groups in total. The molecule has 160 valence electrons. The van der Waals surface area contributed by atoms with Crippen LogP contribution in [0.15, 0.2) is 78.9 Å². The lowest BCUT2D eigenvalue weighted by atomic mass is 9.83. The lowest BCUT2D eigenvalue weighted by Gasteiger charge is -2.41. The summed E-state index contributed by atoms with van der Waals surface area (Å²) in [4.78, 5) is 13.4. The van der Waals surface area contributed by atoms with E-state index in [1.54, 1.807) is 0 Å². The summed E-state index contributed by atoms with van der Waals surface area (Å²) in [5.74, 6) is 0.881. The van der Waals surface area contributed by atoms with Gasteiger partial charge in [0.2, 0.25) is 0 Å². The Hall–Kier alpha value is -3.07. The molecular formula is C28H31NO2. The van der Waals surface area contributed by atoms with Crippen LogP contribution in [0.25, 0.3) is 0 Å². The second-order valence-corrected chi connectivity index (χ2v) is 8.40. The van der Waals surface area contributed by atoms with Crippen LogP contribution in [-0.4, -0.2) is 11.5 Å². The summed E-state index contributed by atoms with van der Waals surface area (Å²) in [7, 11) is 0. The van der Waals surface area contributed by atoms with Crippen LogP contribution < -0.4 is 10.1 Å². The van der Waals surface area contributed by atoms with E-state index in [0.717, 1.165) is 54.5 Å². The number of para-hydroxylation sites is 1. The van der Waals surface area contributed by atoms with E-state index >= 15 is 0 Å². The molecule has 3 aromatic carbocycles. The Labute approximate surface area is 185 Å². The highest BCUT2D eigenvalue weighted by atomic mass is 16.5. The zero-order valence-electron chi connectivity index (χ0n) is 18.4. The van der Waals surface area contributed by atoms with Gasteiger partial charge in [0.15, 0.2) is 0 Å². The average molecular weight is 414 g/mol. The van der Waals surface area contributed by atoms with E-state index in [4.69, 9.17) is 4.74 Å². The number of carbonyl (C=O) groups is 1. The third-order valence-electron chi connectivity index (χ3n) is 6.58. The molecule has 0 fully saturated rings. The lowest BCUT2D eigenvalue weighted by Crippen LogP contribution is -2.44. The maximum atomic E-state index is 13.4. The Morgan fingerprint density at radius 3 is 2.35 bits per heavy atom. The van der Waals surface area contributed by atoms with Crippen LogP contribution in [-0.2, 0) is 12.8 Å². The first kappa shape index (κ1) is 21.2. The highest BCUT2D eigenvalue weighted by Gasteiger charge is 2.39. The van der Waals surface area contributed by atoms with Crippen molar-refractivity contribution in [2.24, 2.45) is 0 Å². The van der Waals surface area contributed by atoms with Crippen LogP contribution in [0.4, 0.5) is 0 Å². The number of hydrogen-bond acceptors (Lipinski definition) is 2. The molecule has 0 saturated carbocycles. The molecule has 1 heterocycles. The van der Waals surface area contributed by atoms with E-state index < -0.39 is 0 Å². The lowest BCUT2D eigenvalue weighted by molar-refractivity contribution is 0.0227. The minimum Gasteiger partial charge on any atom is -0.487 e. The fraction of sp³-hybridized carbons (Fsp3) is 0.321. The zero-order chi connectivity index (χ0) is 21.7. The number of nitrogens with one attached hydrogen (secondary N) is 1. The van der Waals surface area contributed by atoms with E-state index in [1.165, 1.54) is 5.56 Å². The van der Waals surface area contributed by atoms with E-state index in [1.807, 2.05) is 42.5 Å². The van der Waals surface area contributed by atoms with Crippen molar-refractivity contribution in [1.29, 1.82) is 0 Å². The van der Waals surface area contributed by atoms with Crippen molar-refractivity contribution in [3.8, 4) is 5.75 Å². The highest BCUT2D eigenvalue weighted by molar-refractivity contribution is 5.96. The first-order valence-corrected chi connectivity index (χ1v) is 11.3. The molecule has 3 aromatic rings. The Morgan fingerprint density at radius 1 is 0.903 bits per heavy atom. The number of carbonyl (C=O) groups excluding carboxylic acids is 1. The van der Waals surface area contributed by atoms with Gasteiger partial charge < -0.3 is 10.1 Å². The van der Waals surface area contributed by atoms with Gasteiger partial charge in [-0.1, -0.05) is 80.6 Å². The molecule has 3 nitrogen and oxygen atoms in total. The number of aryl methyl sites for hydroxylation is 2. The molecule has 1 unspecified atom stereocenters. The van der Waals surface area contributed by atoms with Gasteiger partial charge in [-0.15, -0.1) is 0 Å². The summed E-state index contributed by atoms with van der Waals surface area (Å²) in [6.07, 6.45) is 4.37. The zero-order valence-corrected chi connectivity index (χ0v) is 18.4. The van der Waals surface area contributed by atoms with Crippen molar-refractivity contribution in [1.82, 2.24) is 5.32 Å². The minimum atomic E-state index is -0.237. The molecule has 1 aliphatic rings. The molecule has 1 aliphatic heterocycles. The Balaban J connectivity index is 1.55. The fourth-order valence-electron chi connectivity index (χ4n) is 4.55. The number of hydrogen-bond donors (Lipinski definition) is 1. The number of benzene rings is 3. The van der Waals surface area contributed by atoms with Crippen molar-refractivity contribution in [3.05, 3.63) is 101 Å². The average Bonchev–Trinajstić information content (AvgIpc) is 2.83.